The van der Waals surface area contributed by atoms with Crippen molar-refractivity contribution >= 4 is 11.3 Å². The number of hydrogen-bond acceptors (Lipinski definition) is 3. The summed E-state index contributed by atoms with van der Waals surface area (Å²) in [4.78, 5) is 4.68. The number of aromatic nitrogens is 1. The van der Waals surface area contributed by atoms with E-state index >= 15 is 0 Å². The Labute approximate surface area is 89.8 Å². The van der Waals surface area contributed by atoms with Crippen LogP contribution in [-0.4, -0.2) is 18.1 Å². The van der Waals surface area contributed by atoms with Crippen LogP contribution in [0.4, 0.5) is 0 Å². The average molecular weight is 210 g/mol. The van der Waals surface area contributed by atoms with Crippen LogP contribution >= 0.6 is 11.3 Å². The molecule has 1 heterocycles. The molecule has 1 fully saturated rings. The molecule has 0 saturated heterocycles. The minimum absolute atomic E-state index is 0.791. The fourth-order valence-corrected chi connectivity index (χ4v) is 2.58. The van der Waals surface area contributed by atoms with Gasteiger partial charge in [-0.2, -0.15) is 0 Å². The Hall–Kier alpha value is -0.410. The molecule has 14 heavy (non-hydrogen) atoms. The van der Waals surface area contributed by atoms with Crippen molar-refractivity contribution in [3.63, 3.8) is 0 Å². The maximum Gasteiger partial charge on any atom is 0.0941 e. The topological polar surface area (TPSA) is 24.9 Å². The van der Waals surface area contributed by atoms with Crippen molar-refractivity contribution in [1.82, 2.24) is 10.3 Å². The first-order valence-corrected chi connectivity index (χ1v) is 6.43. The Morgan fingerprint density at radius 1 is 1.57 bits per heavy atom. The zero-order valence-corrected chi connectivity index (χ0v) is 9.57. The van der Waals surface area contributed by atoms with Gasteiger partial charge < -0.3 is 5.32 Å². The first-order valence-electron chi connectivity index (χ1n) is 5.55. The van der Waals surface area contributed by atoms with Crippen LogP contribution in [0.5, 0.6) is 0 Å². The van der Waals surface area contributed by atoms with Crippen molar-refractivity contribution < 1.29 is 0 Å². The van der Waals surface area contributed by atoms with Gasteiger partial charge in [-0.25, -0.2) is 4.98 Å². The van der Waals surface area contributed by atoms with Crippen molar-refractivity contribution in [1.29, 1.82) is 0 Å². The molecule has 0 amide bonds. The SMILES string of the molecule is CCNCCc1nc(C2CCC2)cs1. The molecule has 1 aromatic rings. The normalized spacial score (nSPS) is 16.9. The molecule has 0 radical (unpaired) electrons. The van der Waals surface area contributed by atoms with Gasteiger partial charge in [0.25, 0.3) is 0 Å². The highest BCUT2D eigenvalue weighted by Crippen LogP contribution is 2.36. The van der Waals surface area contributed by atoms with E-state index in [0.717, 1.165) is 25.4 Å². The molecule has 0 unspecified atom stereocenters. The van der Waals surface area contributed by atoms with E-state index in [1.807, 2.05) is 11.3 Å². The number of likely N-dealkylation sites (N-methyl/N-ethyl adjacent to an activating group) is 1. The van der Waals surface area contributed by atoms with E-state index in [4.69, 9.17) is 0 Å². The lowest BCUT2D eigenvalue weighted by atomic mass is 9.83. The number of nitrogens with one attached hydrogen (secondary N) is 1. The lowest BCUT2D eigenvalue weighted by molar-refractivity contribution is 0.412. The molecular weight excluding hydrogens is 192 g/mol. The first kappa shape index (κ1) is 10.1. The summed E-state index contributed by atoms with van der Waals surface area (Å²) >= 11 is 1.83. The van der Waals surface area contributed by atoms with Crippen molar-refractivity contribution in [2.24, 2.45) is 0 Å². The van der Waals surface area contributed by atoms with Crippen LogP contribution in [0.3, 0.4) is 0 Å². The van der Waals surface area contributed by atoms with Crippen LogP contribution in [0.2, 0.25) is 0 Å². The Balaban J connectivity index is 1.83. The van der Waals surface area contributed by atoms with E-state index in [1.54, 1.807) is 0 Å². The summed E-state index contributed by atoms with van der Waals surface area (Å²) in [6, 6.07) is 0. The molecule has 0 bridgehead atoms. The van der Waals surface area contributed by atoms with Gasteiger partial charge in [-0.05, 0) is 19.4 Å². The van der Waals surface area contributed by atoms with E-state index in [2.05, 4.69) is 22.6 Å². The number of rotatable bonds is 5. The molecule has 1 aliphatic rings. The molecule has 2 rings (SSSR count). The molecule has 3 heteroatoms. The third-order valence-corrected chi connectivity index (χ3v) is 3.79. The maximum atomic E-state index is 4.68. The van der Waals surface area contributed by atoms with Crippen LogP contribution in [0.15, 0.2) is 5.38 Å². The highest BCUT2D eigenvalue weighted by molar-refractivity contribution is 7.09. The lowest BCUT2D eigenvalue weighted by Crippen LogP contribution is -2.16. The average Bonchev–Trinajstić information content (AvgIpc) is 2.51. The summed E-state index contributed by atoms with van der Waals surface area (Å²) in [5.74, 6) is 0.791. The third kappa shape index (κ3) is 2.34. The summed E-state index contributed by atoms with van der Waals surface area (Å²) in [6.45, 7) is 4.26. The van der Waals surface area contributed by atoms with E-state index in [9.17, 15) is 0 Å². The van der Waals surface area contributed by atoms with Gasteiger partial charge in [0.2, 0.25) is 0 Å². The minimum Gasteiger partial charge on any atom is -0.317 e. The van der Waals surface area contributed by atoms with Gasteiger partial charge in [-0.1, -0.05) is 13.3 Å². The summed E-state index contributed by atoms with van der Waals surface area (Å²) in [5, 5.41) is 6.88. The van der Waals surface area contributed by atoms with Gasteiger partial charge in [0, 0.05) is 24.3 Å². The molecule has 1 saturated carbocycles. The van der Waals surface area contributed by atoms with Gasteiger partial charge in [-0.15, -0.1) is 11.3 Å². The van der Waals surface area contributed by atoms with Gasteiger partial charge in [-0.3, -0.25) is 0 Å². The third-order valence-electron chi connectivity index (χ3n) is 2.86. The second-order valence-electron chi connectivity index (χ2n) is 3.90. The van der Waals surface area contributed by atoms with Gasteiger partial charge >= 0.3 is 0 Å². The lowest BCUT2D eigenvalue weighted by Gasteiger charge is -2.22. The molecule has 0 aromatic carbocycles. The second kappa shape index (κ2) is 4.89. The number of hydrogen-bond donors (Lipinski definition) is 1. The standard InChI is InChI=1S/C11H18N2S/c1-2-12-7-6-11-13-10(8-14-11)9-4-3-5-9/h8-9,12H,2-7H2,1H3. The molecule has 1 aliphatic carbocycles. The van der Waals surface area contributed by atoms with Crippen LogP contribution < -0.4 is 5.32 Å². The molecule has 1 N–H and O–H groups in total. The zero-order chi connectivity index (χ0) is 9.80. The monoisotopic (exact) mass is 210 g/mol. The van der Waals surface area contributed by atoms with Gasteiger partial charge in [0.1, 0.15) is 0 Å². The molecule has 0 aliphatic heterocycles. The van der Waals surface area contributed by atoms with Crippen LogP contribution in [-0.2, 0) is 6.42 Å². The van der Waals surface area contributed by atoms with E-state index in [0.29, 0.717) is 0 Å². The quantitative estimate of drug-likeness (QED) is 0.756. The van der Waals surface area contributed by atoms with E-state index in [-0.39, 0.29) is 0 Å². The van der Waals surface area contributed by atoms with Crippen LogP contribution in [0.1, 0.15) is 42.8 Å². The summed E-state index contributed by atoms with van der Waals surface area (Å²) < 4.78 is 0. The van der Waals surface area contributed by atoms with Crippen molar-refractivity contribution in [3.05, 3.63) is 16.1 Å². The minimum atomic E-state index is 0.791. The van der Waals surface area contributed by atoms with Gasteiger partial charge in [0.05, 0.1) is 10.7 Å². The maximum absolute atomic E-state index is 4.68. The molecule has 1 aromatic heterocycles. The Morgan fingerprint density at radius 3 is 3.07 bits per heavy atom. The van der Waals surface area contributed by atoms with E-state index in [1.165, 1.54) is 30.0 Å². The molecule has 2 nitrogen and oxygen atoms in total. The Kier molecular flexibility index (Phi) is 3.54. The van der Waals surface area contributed by atoms with Crippen molar-refractivity contribution in [3.8, 4) is 0 Å². The largest absolute Gasteiger partial charge is 0.317 e. The van der Waals surface area contributed by atoms with Crippen LogP contribution in [0, 0.1) is 0 Å². The predicted molar refractivity (Wildman–Crippen MR) is 61.0 cm³/mol. The second-order valence-corrected chi connectivity index (χ2v) is 4.84. The highest BCUT2D eigenvalue weighted by atomic mass is 32.1. The summed E-state index contributed by atoms with van der Waals surface area (Å²) in [7, 11) is 0. The fourth-order valence-electron chi connectivity index (χ4n) is 1.70. The number of nitrogens with zero attached hydrogens (tertiary/aromatic N) is 1. The summed E-state index contributed by atoms with van der Waals surface area (Å²) in [5.41, 5.74) is 1.35. The highest BCUT2D eigenvalue weighted by Gasteiger charge is 2.21. The van der Waals surface area contributed by atoms with Crippen LogP contribution in [0.25, 0.3) is 0 Å². The van der Waals surface area contributed by atoms with Crippen molar-refractivity contribution in [2.75, 3.05) is 13.1 Å². The first-order chi connectivity index (χ1) is 6.90. The smallest absolute Gasteiger partial charge is 0.0941 e. The van der Waals surface area contributed by atoms with Gasteiger partial charge in [0.15, 0.2) is 0 Å². The molecular formula is C11H18N2S. The molecule has 78 valence electrons. The Morgan fingerprint density at radius 2 is 2.43 bits per heavy atom. The Bertz CT molecular complexity index is 279. The number of thiazole rings is 1. The predicted octanol–water partition coefficient (Wildman–Crippen LogP) is 2.56. The summed E-state index contributed by atoms with van der Waals surface area (Å²) in [6.07, 6.45) is 5.20. The molecule has 0 spiro atoms. The van der Waals surface area contributed by atoms with E-state index < -0.39 is 0 Å². The zero-order valence-electron chi connectivity index (χ0n) is 8.75. The van der Waals surface area contributed by atoms with Crippen molar-refractivity contribution in [2.45, 2.75) is 38.5 Å². The molecule has 0 atom stereocenters. The fraction of sp³-hybridized carbons (Fsp3) is 0.727.